The van der Waals surface area contributed by atoms with Crippen LogP contribution in [0.1, 0.15) is 10.4 Å². The summed E-state index contributed by atoms with van der Waals surface area (Å²) in [5.41, 5.74) is 0.553. The second-order valence-electron chi connectivity index (χ2n) is 6.88. The van der Waals surface area contributed by atoms with Crippen LogP contribution >= 0.6 is 11.8 Å². The van der Waals surface area contributed by atoms with Crippen LogP contribution in [0.4, 0.5) is 11.4 Å². The number of nitro benzene ring substituents is 1. The lowest BCUT2D eigenvalue weighted by atomic mass is 10.2. The van der Waals surface area contributed by atoms with Gasteiger partial charge in [-0.05, 0) is 18.2 Å². The summed E-state index contributed by atoms with van der Waals surface area (Å²) in [5, 5.41) is 11.1. The van der Waals surface area contributed by atoms with Gasteiger partial charge in [-0.15, -0.1) is 0 Å². The van der Waals surface area contributed by atoms with Gasteiger partial charge in [-0.3, -0.25) is 14.9 Å². The Balaban J connectivity index is 1.73. The van der Waals surface area contributed by atoms with Crippen LogP contribution in [0.25, 0.3) is 0 Å². The van der Waals surface area contributed by atoms with E-state index in [0.717, 1.165) is 0 Å². The van der Waals surface area contributed by atoms with Gasteiger partial charge in [0, 0.05) is 34.7 Å². The van der Waals surface area contributed by atoms with E-state index in [0.29, 0.717) is 16.6 Å². The standard InChI is InChI=1S/C19H17N3O6S2/c1-28-15-7-3-5-13(9-15)21-16-10-30(26,27)11-17(16)29-19(21)20-18(23)12-4-2-6-14(8-12)22(24)25/h2-9,16-17H,10-11H2,1H3/t16-,17+/m0/s1. The first kappa shape index (κ1) is 20.4. The average Bonchev–Trinajstić information content (AvgIpc) is 3.18. The Bertz CT molecular complexity index is 1160. The molecule has 2 aromatic carbocycles. The Labute approximate surface area is 176 Å². The summed E-state index contributed by atoms with van der Waals surface area (Å²) in [6, 6.07) is 12.1. The Hall–Kier alpha value is -2.92. The van der Waals surface area contributed by atoms with Crippen molar-refractivity contribution >= 4 is 44.0 Å². The lowest BCUT2D eigenvalue weighted by Crippen LogP contribution is -2.37. The molecule has 0 spiro atoms. The molecule has 0 saturated carbocycles. The third-order valence-corrected chi connectivity index (χ3v) is 8.11. The fourth-order valence-electron chi connectivity index (χ4n) is 3.53. The van der Waals surface area contributed by atoms with Crippen LogP contribution < -0.4 is 9.64 Å². The van der Waals surface area contributed by atoms with Gasteiger partial charge in [0.05, 0.1) is 29.6 Å². The Morgan fingerprint density at radius 1 is 1.23 bits per heavy atom. The molecule has 4 rings (SSSR count). The zero-order valence-electron chi connectivity index (χ0n) is 15.8. The molecule has 0 radical (unpaired) electrons. The topological polar surface area (TPSA) is 119 Å². The first-order chi connectivity index (χ1) is 14.3. The number of non-ortho nitro benzene ring substituents is 1. The summed E-state index contributed by atoms with van der Waals surface area (Å²) in [7, 11) is -1.66. The minimum absolute atomic E-state index is 0.00677. The highest BCUT2D eigenvalue weighted by atomic mass is 32.2. The molecule has 11 heteroatoms. The fraction of sp³-hybridized carbons (Fsp3) is 0.263. The van der Waals surface area contributed by atoms with Gasteiger partial charge in [0.25, 0.3) is 11.6 Å². The lowest BCUT2D eigenvalue weighted by molar-refractivity contribution is -0.384. The summed E-state index contributed by atoms with van der Waals surface area (Å²) >= 11 is 1.23. The number of sulfone groups is 1. The summed E-state index contributed by atoms with van der Waals surface area (Å²) in [6.07, 6.45) is 0. The summed E-state index contributed by atoms with van der Waals surface area (Å²) in [6.45, 7) is 0. The molecule has 0 bridgehead atoms. The van der Waals surface area contributed by atoms with E-state index in [2.05, 4.69) is 4.99 Å². The molecule has 2 fully saturated rings. The Morgan fingerprint density at radius 3 is 2.73 bits per heavy atom. The highest BCUT2D eigenvalue weighted by molar-refractivity contribution is 8.16. The molecule has 0 aromatic heterocycles. The number of thioether (sulfide) groups is 1. The number of anilines is 1. The zero-order valence-corrected chi connectivity index (χ0v) is 17.4. The van der Waals surface area contributed by atoms with Gasteiger partial charge in [0.2, 0.25) is 0 Å². The van der Waals surface area contributed by atoms with Gasteiger partial charge in [-0.25, -0.2) is 8.42 Å². The van der Waals surface area contributed by atoms with Crippen LogP contribution in [0.5, 0.6) is 5.75 Å². The highest BCUT2D eigenvalue weighted by Gasteiger charge is 2.49. The Kier molecular flexibility index (Phi) is 5.24. The fourth-order valence-corrected chi connectivity index (χ4v) is 7.44. The van der Waals surface area contributed by atoms with Crippen molar-refractivity contribution in [2.24, 2.45) is 4.99 Å². The molecule has 30 heavy (non-hydrogen) atoms. The van der Waals surface area contributed by atoms with Crippen molar-refractivity contribution in [2.75, 3.05) is 23.5 Å². The van der Waals surface area contributed by atoms with Crippen LogP contribution in [0.15, 0.2) is 53.5 Å². The van der Waals surface area contributed by atoms with Crippen molar-refractivity contribution in [3.8, 4) is 5.75 Å². The molecule has 2 aromatic rings. The predicted octanol–water partition coefficient (Wildman–Crippen LogP) is 2.52. The molecule has 1 amide bonds. The van der Waals surface area contributed by atoms with Crippen molar-refractivity contribution in [2.45, 2.75) is 11.3 Å². The first-order valence-electron chi connectivity index (χ1n) is 8.95. The number of nitrogens with zero attached hydrogens (tertiary/aromatic N) is 3. The number of hydrogen-bond donors (Lipinski definition) is 0. The minimum atomic E-state index is -3.19. The number of hydrogen-bond acceptors (Lipinski definition) is 7. The molecule has 2 aliphatic heterocycles. The molecule has 0 aliphatic carbocycles. The summed E-state index contributed by atoms with van der Waals surface area (Å²) < 4.78 is 29.6. The maximum absolute atomic E-state index is 12.7. The Morgan fingerprint density at radius 2 is 2.00 bits per heavy atom. The van der Waals surface area contributed by atoms with E-state index >= 15 is 0 Å². The van der Waals surface area contributed by atoms with Crippen molar-refractivity contribution in [1.29, 1.82) is 0 Å². The van der Waals surface area contributed by atoms with Crippen LogP contribution in [0.2, 0.25) is 0 Å². The number of carbonyl (C=O) groups excluding carboxylic acids is 1. The lowest BCUT2D eigenvalue weighted by Gasteiger charge is -2.24. The first-order valence-corrected chi connectivity index (χ1v) is 11.7. The van der Waals surface area contributed by atoms with E-state index in [1.54, 1.807) is 29.2 Å². The van der Waals surface area contributed by atoms with Crippen molar-refractivity contribution in [3.63, 3.8) is 0 Å². The van der Waals surface area contributed by atoms with E-state index in [1.165, 1.54) is 43.1 Å². The maximum Gasteiger partial charge on any atom is 0.279 e. The van der Waals surface area contributed by atoms with Crippen LogP contribution in [0, 0.1) is 10.1 Å². The SMILES string of the molecule is COc1cccc(N2C(=NC(=O)c3cccc([N+](=O)[O-])c3)S[C@@H]3CS(=O)(=O)C[C@@H]32)c1. The minimum Gasteiger partial charge on any atom is -0.497 e. The van der Waals surface area contributed by atoms with Gasteiger partial charge in [0.1, 0.15) is 5.75 Å². The highest BCUT2D eigenvalue weighted by Crippen LogP contribution is 2.41. The van der Waals surface area contributed by atoms with Crippen molar-refractivity contribution in [1.82, 2.24) is 0 Å². The number of nitro groups is 1. The number of methoxy groups -OCH3 is 1. The largest absolute Gasteiger partial charge is 0.497 e. The maximum atomic E-state index is 12.7. The molecule has 2 atom stereocenters. The molecule has 9 nitrogen and oxygen atoms in total. The molecular formula is C19H17N3O6S2. The monoisotopic (exact) mass is 447 g/mol. The zero-order chi connectivity index (χ0) is 21.5. The summed E-state index contributed by atoms with van der Waals surface area (Å²) in [4.78, 5) is 29.1. The molecule has 2 aliphatic rings. The van der Waals surface area contributed by atoms with Crippen molar-refractivity contribution < 1.29 is 22.9 Å². The molecular weight excluding hydrogens is 430 g/mol. The van der Waals surface area contributed by atoms with Gasteiger partial charge < -0.3 is 9.64 Å². The van der Waals surface area contributed by atoms with Gasteiger partial charge in [-0.2, -0.15) is 4.99 Å². The molecule has 0 unspecified atom stereocenters. The molecule has 156 valence electrons. The van der Waals surface area contributed by atoms with E-state index in [4.69, 9.17) is 4.74 Å². The molecule has 2 saturated heterocycles. The second-order valence-corrected chi connectivity index (χ2v) is 10.2. The second kappa shape index (κ2) is 7.73. The smallest absolute Gasteiger partial charge is 0.279 e. The summed E-state index contributed by atoms with van der Waals surface area (Å²) in [5.74, 6) is -0.0679. The molecule has 0 N–H and O–H groups in total. The third kappa shape index (κ3) is 3.90. The number of ether oxygens (including phenoxy) is 1. The normalized spacial score (nSPS) is 23.4. The number of fused-ring (bicyclic) bond motifs is 1. The number of rotatable bonds is 4. The van der Waals surface area contributed by atoms with Gasteiger partial charge in [0.15, 0.2) is 15.0 Å². The average molecular weight is 447 g/mol. The van der Waals surface area contributed by atoms with Gasteiger partial charge in [-0.1, -0.05) is 23.9 Å². The number of amidine groups is 1. The third-order valence-electron chi connectivity index (χ3n) is 4.90. The van der Waals surface area contributed by atoms with E-state index in [-0.39, 0.29) is 34.0 Å². The number of benzene rings is 2. The number of carbonyl (C=O) groups is 1. The van der Waals surface area contributed by atoms with E-state index in [1.807, 2.05) is 0 Å². The number of amides is 1. The van der Waals surface area contributed by atoms with E-state index < -0.39 is 20.7 Å². The van der Waals surface area contributed by atoms with Crippen LogP contribution in [-0.2, 0) is 9.84 Å². The van der Waals surface area contributed by atoms with E-state index in [9.17, 15) is 23.3 Å². The quantitative estimate of drug-likeness (QED) is 0.518. The van der Waals surface area contributed by atoms with Crippen molar-refractivity contribution in [3.05, 3.63) is 64.2 Å². The van der Waals surface area contributed by atoms with Gasteiger partial charge >= 0.3 is 0 Å². The number of aliphatic imine (C=N–C) groups is 1. The molecule has 2 heterocycles. The predicted molar refractivity (Wildman–Crippen MR) is 114 cm³/mol. The van der Waals surface area contributed by atoms with Crippen LogP contribution in [-0.4, -0.2) is 54.3 Å². The van der Waals surface area contributed by atoms with Crippen LogP contribution in [0.3, 0.4) is 0 Å².